The molecular weight excluding hydrogens is 370 g/mol. The van der Waals surface area contributed by atoms with Crippen LogP contribution in [0.2, 0.25) is 0 Å². The highest BCUT2D eigenvalue weighted by molar-refractivity contribution is 6.10. The second-order valence-electron chi connectivity index (χ2n) is 8.19. The Morgan fingerprint density at radius 2 is 1.76 bits per heavy atom. The number of benzene rings is 1. The molecule has 1 aromatic heterocycles. The van der Waals surface area contributed by atoms with Crippen LogP contribution < -0.4 is 4.90 Å². The number of fused-ring (bicyclic) bond motifs is 1. The Hall–Kier alpha value is -3.09. The van der Waals surface area contributed by atoms with Gasteiger partial charge in [-0.1, -0.05) is 17.7 Å². The number of piperazine rings is 1. The van der Waals surface area contributed by atoms with E-state index in [-0.39, 0.29) is 24.3 Å². The summed E-state index contributed by atoms with van der Waals surface area (Å²) in [7, 11) is 0. The average molecular weight is 395 g/mol. The predicted octanol–water partition coefficient (Wildman–Crippen LogP) is 2.20. The first-order chi connectivity index (χ1) is 13.8. The first-order valence-corrected chi connectivity index (χ1v) is 9.82. The number of carbonyl (C=O) groups is 3. The van der Waals surface area contributed by atoms with Crippen LogP contribution in [0.25, 0.3) is 0 Å². The zero-order valence-electron chi connectivity index (χ0n) is 17.0. The number of hydrogen-bond acceptors (Lipinski definition) is 4. The maximum absolute atomic E-state index is 13.0. The molecule has 0 radical (unpaired) electrons. The van der Waals surface area contributed by atoms with Gasteiger partial charge < -0.3 is 19.1 Å². The van der Waals surface area contributed by atoms with Crippen LogP contribution in [0.1, 0.15) is 35.5 Å². The fourth-order valence-electron chi connectivity index (χ4n) is 4.06. The zero-order valence-corrected chi connectivity index (χ0v) is 17.0. The van der Waals surface area contributed by atoms with Crippen molar-refractivity contribution in [1.82, 2.24) is 9.80 Å². The molecule has 29 heavy (non-hydrogen) atoms. The van der Waals surface area contributed by atoms with Crippen molar-refractivity contribution in [2.24, 2.45) is 0 Å². The molecule has 0 spiro atoms. The van der Waals surface area contributed by atoms with E-state index in [9.17, 15) is 14.4 Å². The first-order valence-electron chi connectivity index (χ1n) is 9.82. The van der Waals surface area contributed by atoms with E-state index in [2.05, 4.69) is 0 Å². The lowest BCUT2D eigenvalue weighted by atomic mass is 9.85. The highest BCUT2D eigenvalue weighted by Crippen LogP contribution is 2.41. The van der Waals surface area contributed by atoms with E-state index in [1.807, 2.05) is 39.0 Å². The van der Waals surface area contributed by atoms with Gasteiger partial charge in [0, 0.05) is 31.9 Å². The monoisotopic (exact) mass is 395 g/mol. The maximum atomic E-state index is 13.0. The van der Waals surface area contributed by atoms with Gasteiger partial charge in [0.2, 0.25) is 11.8 Å². The molecule has 0 saturated carbocycles. The standard InChI is InChI=1S/C22H25N3O4/c1-15-6-7-17-16(13-15)22(2,3)21(28)25(17)14-19(26)23-8-10-24(11-9-23)20(27)18-5-4-12-29-18/h4-7,12-13H,8-11,14H2,1-3H3. The van der Waals surface area contributed by atoms with Crippen molar-refractivity contribution in [2.45, 2.75) is 26.2 Å². The van der Waals surface area contributed by atoms with Crippen molar-refractivity contribution in [1.29, 1.82) is 0 Å². The topological polar surface area (TPSA) is 74.1 Å². The summed E-state index contributed by atoms with van der Waals surface area (Å²) in [5.41, 5.74) is 2.22. The average Bonchev–Trinajstić information content (AvgIpc) is 3.31. The highest BCUT2D eigenvalue weighted by Gasteiger charge is 2.44. The summed E-state index contributed by atoms with van der Waals surface area (Å²) < 4.78 is 5.17. The molecule has 1 aromatic carbocycles. The van der Waals surface area contributed by atoms with Gasteiger partial charge in [-0.25, -0.2) is 0 Å². The van der Waals surface area contributed by atoms with Crippen molar-refractivity contribution in [2.75, 3.05) is 37.6 Å². The Morgan fingerprint density at radius 3 is 2.41 bits per heavy atom. The van der Waals surface area contributed by atoms with Crippen LogP contribution in [0.4, 0.5) is 5.69 Å². The Labute approximate surface area is 169 Å². The minimum Gasteiger partial charge on any atom is -0.459 e. The number of amides is 3. The van der Waals surface area contributed by atoms with E-state index in [0.717, 1.165) is 16.8 Å². The summed E-state index contributed by atoms with van der Waals surface area (Å²) in [6.07, 6.45) is 1.47. The van der Waals surface area contributed by atoms with E-state index in [0.29, 0.717) is 31.9 Å². The predicted molar refractivity (Wildman–Crippen MR) is 108 cm³/mol. The van der Waals surface area contributed by atoms with E-state index >= 15 is 0 Å². The number of rotatable bonds is 3. The Kier molecular flexibility index (Phi) is 4.68. The van der Waals surface area contributed by atoms with Gasteiger partial charge in [0.15, 0.2) is 5.76 Å². The zero-order chi connectivity index (χ0) is 20.8. The van der Waals surface area contributed by atoms with E-state index in [1.165, 1.54) is 6.26 Å². The molecule has 2 aliphatic heterocycles. The summed E-state index contributed by atoms with van der Waals surface area (Å²) in [5.74, 6) is -0.0183. The van der Waals surface area contributed by atoms with Crippen LogP contribution >= 0.6 is 0 Å². The van der Waals surface area contributed by atoms with Crippen LogP contribution in [0.15, 0.2) is 41.0 Å². The van der Waals surface area contributed by atoms with Gasteiger partial charge in [0.1, 0.15) is 6.54 Å². The van der Waals surface area contributed by atoms with Crippen LogP contribution in [0.5, 0.6) is 0 Å². The van der Waals surface area contributed by atoms with Crippen LogP contribution in [0, 0.1) is 6.92 Å². The molecule has 3 heterocycles. The second kappa shape index (κ2) is 7.06. The third-order valence-corrected chi connectivity index (χ3v) is 5.84. The number of furan rings is 1. The van der Waals surface area contributed by atoms with Crippen molar-refractivity contribution in [3.63, 3.8) is 0 Å². The molecule has 3 amide bonds. The van der Waals surface area contributed by atoms with Crippen LogP contribution in [-0.2, 0) is 15.0 Å². The van der Waals surface area contributed by atoms with Gasteiger partial charge in [-0.2, -0.15) is 0 Å². The quantitative estimate of drug-likeness (QED) is 0.799. The van der Waals surface area contributed by atoms with E-state index in [1.54, 1.807) is 26.8 Å². The molecule has 152 valence electrons. The lowest BCUT2D eigenvalue weighted by molar-refractivity contribution is -0.133. The largest absolute Gasteiger partial charge is 0.459 e. The molecule has 7 nitrogen and oxygen atoms in total. The lowest BCUT2D eigenvalue weighted by Crippen LogP contribution is -2.53. The molecule has 0 N–H and O–H groups in total. The third-order valence-electron chi connectivity index (χ3n) is 5.84. The summed E-state index contributed by atoms with van der Waals surface area (Å²) >= 11 is 0. The van der Waals surface area contributed by atoms with Crippen molar-refractivity contribution in [3.05, 3.63) is 53.5 Å². The maximum Gasteiger partial charge on any atom is 0.289 e. The Balaban J connectivity index is 1.42. The Morgan fingerprint density at radius 1 is 1.07 bits per heavy atom. The number of anilines is 1. The smallest absolute Gasteiger partial charge is 0.289 e. The fraction of sp³-hybridized carbons (Fsp3) is 0.409. The summed E-state index contributed by atoms with van der Waals surface area (Å²) in [4.78, 5) is 43.3. The van der Waals surface area contributed by atoms with E-state index in [4.69, 9.17) is 4.42 Å². The normalized spacial score (nSPS) is 18.2. The molecular formula is C22H25N3O4. The van der Waals surface area contributed by atoms with Crippen molar-refractivity contribution in [3.8, 4) is 0 Å². The molecule has 7 heteroatoms. The van der Waals surface area contributed by atoms with Gasteiger partial charge in [-0.3, -0.25) is 14.4 Å². The van der Waals surface area contributed by atoms with Crippen LogP contribution in [-0.4, -0.2) is 60.2 Å². The van der Waals surface area contributed by atoms with Crippen LogP contribution in [0.3, 0.4) is 0 Å². The first kappa shape index (κ1) is 19.2. The minimum absolute atomic E-state index is 0.0183. The SMILES string of the molecule is Cc1ccc2c(c1)C(C)(C)C(=O)N2CC(=O)N1CCN(C(=O)c2ccco2)CC1. The molecule has 2 aliphatic rings. The number of aryl methyl sites for hydroxylation is 1. The number of carbonyl (C=O) groups excluding carboxylic acids is 3. The summed E-state index contributed by atoms with van der Waals surface area (Å²) in [5, 5.41) is 0. The number of nitrogens with zero attached hydrogens (tertiary/aromatic N) is 3. The lowest BCUT2D eigenvalue weighted by Gasteiger charge is -2.35. The third kappa shape index (κ3) is 3.30. The molecule has 0 aliphatic carbocycles. The second-order valence-corrected chi connectivity index (χ2v) is 8.19. The number of hydrogen-bond donors (Lipinski definition) is 0. The highest BCUT2D eigenvalue weighted by atomic mass is 16.3. The molecule has 1 saturated heterocycles. The van der Waals surface area contributed by atoms with Gasteiger partial charge in [-0.15, -0.1) is 0 Å². The van der Waals surface area contributed by atoms with E-state index < -0.39 is 5.41 Å². The van der Waals surface area contributed by atoms with Gasteiger partial charge in [0.05, 0.1) is 11.7 Å². The van der Waals surface area contributed by atoms with Crippen molar-refractivity contribution < 1.29 is 18.8 Å². The molecule has 0 unspecified atom stereocenters. The molecule has 0 atom stereocenters. The fourth-order valence-corrected chi connectivity index (χ4v) is 4.06. The molecule has 4 rings (SSSR count). The molecule has 1 fully saturated rings. The Bertz CT molecular complexity index is 956. The summed E-state index contributed by atoms with van der Waals surface area (Å²) in [6.45, 7) is 7.59. The van der Waals surface area contributed by atoms with Gasteiger partial charge in [0.25, 0.3) is 5.91 Å². The molecule has 2 aromatic rings. The van der Waals surface area contributed by atoms with Gasteiger partial charge >= 0.3 is 0 Å². The summed E-state index contributed by atoms with van der Waals surface area (Å²) in [6, 6.07) is 9.23. The van der Waals surface area contributed by atoms with Crippen molar-refractivity contribution >= 4 is 23.4 Å². The minimum atomic E-state index is -0.643. The van der Waals surface area contributed by atoms with Gasteiger partial charge in [-0.05, 0) is 44.5 Å². The molecule has 0 bridgehead atoms.